The highest BCUT2D eigenvalue weighted by molar-refractivity contribution is 6.20. The predicted molar refractivity (Wildman–Crippen MR) is 98.4 cm³/mol. The topological polar surface area (TPSA) is 96.3 Å². The average Bonchev–Trinajstić information content (AvgIpc) is 2.64. The number of H-pyrrole nitrogens is 1. The Balaban J connectivity index is 2.15. The second-order valence-electron chi connectivity index (χ2n) is 5.84. The Labute approximate surface area is 147 Å². The first kappa shape index (κ1) is 15.8. The van der Waals surface area contributed by atoms with Gasteiger partial charge in [-0.1, -0.05) is 42.5 Å². The Morgan fingerprint density at radius 1 is 0.923 bits per heavy atom. The standard InChI is InChI=1S/C19H14N4O3/c1-23-16-14(18(25)22-19(23)26)15(11-7-3-2-4-8-11)20-13-10-6-5-9-12(13)17(24)21-16/h2-10H,1H3,(H,21,24)(H,22,25,26). The number of para-hydroxylation sites is 1. The zero-order valence-corrected chi connectivity index (χ0v) is 13.8. The molecule has 1 aliphatic rings. The highest BCUT2D eigenvalue weighted by atomic mass is 16.2. The maximum absolute atomic E-state index is 12.6. The lowest BCUT2D eigenvalue weighted by atomic mass is 10.0. The molecule has 1 aliphatic heterocycles. The van der Waals surface area contributed by atoms with Crippen molar-refractivity contribution in [2.24, 2.45) is 12.0 Å². The first-order chi connectivity index (χ1) is 12.6. The minimum absolute atomic E-state index is 0.112. The lowest BCUT2D eigenvalue weighted by Crippen LogP contribution is -2.37. The van der Waals surface area contributed by atoms with Gasteiger partial charge in [0.05, 0.1) is 17.0 Å². The zero-order chi connectivity index (χ0) is 18.3. The van der Waals surface area contributed by atoms with E-state index in [-0.39, 0.29) is 11.4 Å². The molecular weight excluding hydrogens is 332 g/mol. The fourth-order valence-electron chi connectivity index (χ4n) is 2.91. The van der Waals surface area contributed by atoms with Gasteiger partial charge in [-0.3, -0.25) is 19.1 Å². The summed E-state index contributed by atoms with van der Waals surface area (Å²) in [6.07, 6.45) is 0. The minimum atomic E-state index is -0.615. The molecule has 1 amide bonds. The second-order valence-corrected chi connectivity index (χ2v) is 5.84. The Morgan fingerprint density at radius 3 is 2.38 bits per heavy atom. The summed E-state index contributed by atoms with van der Waals surface area (Å²) in [5.74, 6) is -0.320. The van der Waals surface area contributed by atoms with Crippen LogP contribution in [0.2, 0.25) is 0 Å². The maximum atomic E-state index is 12.6. The summed E-state index contributed by atoms with van der Waals surface area (Å²) >= 11 is 0. The van der Waals surface area contributed by atoms with E-state index >= 15 is 0 Å². The van der Waals surface area contributed by atoms with Crippen LogP contribution in [0.5, 0.6) is 0 Å². The number of hydrogen-bond acceptors (Lipinski definition) is 4. The molecule has 26 heavy (non-hydrogen) atoms. The zero-order valence-electron chi connectivity index (χ0n) is 13.8. The number of anilines is 1. The van der Waals surface area contributed by atoms with Crippen molar-refractivity contribution in [3.63, 3.8) is 0 Å². The predicted octanol–water partition coefficient (Wildman–Crippen LogP) is 1.81. The van der Waals surface area contributed by atoms with Gasteiger partial charge >= 0.3 is 5.69 Å². The summed E-state index contributed by atoms with van der Waals surface area (Å²) in [6.45, 7) is 0. The van der Waals surface area contributed by atoms with Crippen molar-refractivity contribution in [2.45, 2.75) is 0 Å². The van der Waals surface area contributed by atoms with Gasteiger partial charge in [-0.15, -0.1) is 0 Å². The molecule has 2 N–H and O–H groups in total. The number of fused-ring (bicyclic) bond motifs is 2. The summed E-state index contributed by atoms with van der Waals surface area (Å²) in [5.41, 5.74) is 0.803. The summed E-state index contributed by atoms with van der Waals surface area (Å²) in [4.78, 5) is 44.1. The number of rotatable bonds is 1. The van der Waals surface area contributed by atoms with E-state index in [0.717, 1.165) is 0 Å². The fourth-order valence-corrected chi connectivity index (χ4v) is 2.91. The molecule has 7 heteroatoms. The summed E-state index contributed by atoms with van der Waals surface area (Å²) in [6, 6.07) is 16.0. The molecule has 7 nitrogen and oxygen atoms in total. The quantitative estimate of drug-likeness (QED) is 0.703. The molecule has 0 radical (unpaired) electrons. The van der Waals surface area contributed by atoms with E-state index in [9.17, 15) is 14.4 Å². The number of aliphatic imine (C=N–C) groups is 1. The second kappa shape index (κ2) is 5.96. The van der Waals surface area contributed by atoms with Gasteiger partial charge in [-0.25, -0.2) is 9.79 Å². The Morgan fingerprint density at radius 2 is 1.62 bits per heavy atom. The van der Waals surface area contributed by atoms with Gasteiger partial charge in [-0.2, -0.15) is 0 Å². The number of carbonyl (C=O) groups excluding carboxylic acids is 1. The van der Waals surface area contributed by atoms with E-state index in [1.54, 1.807) is 24.3 Å². The number of aromatic amines is 1. The molecule has 0 saturated carbocycles. The molecule has 3 aromatic rings. The normalized spacial score (nSPS) is 13.0. The molecule has 0 fully saturated rings. The van der Waals surface area contributed by atoms with Crippen molar-refractivity contribution in [1.82, 2.24) is 9.55 Å². The van der Waals surface area contributed by atoms with Gasteiger partial charge in [0.15, 0.2) is 0 Å². The summed E-state index contributed by atoms with van der Waals surface area (Å²) in [7, 11) is 1.48. The molecule has 0 spiro atoms. The van der Waals surface area contributed by atoms with Crippen molar-refractivity contribution >= 4 is 23.1 Å². The molecule has 0 unspecified atom stereocenters. The maximum Gasteiger partial charge on any atom is 0.329 e. The van der Waals surface area contributed by atoms with Crippen LogP contribution in [0.1, 0.15) is 21.5 Å². The van der Waals surface area contributed by atoms with E-state index in [4.69, 9.17) is 0 Å². The van der Waals surface area contributed by atoms with Gasteiger partial charge in [0.25, 0.3) is 11.5 Å². The number of nitrogens with one attached hydrogen (secondary N) is 2. The van der Waals surface area contributed by atoms with Crippen molar-refractivity contribution in [3.05, 3.63) is 92.1 Å². The minimum Gasteiger partial charge on any atom is -0.307 e. The first-order valence-corrected chi connectivity index (χ1v) is 7.94. The van der Waals surface area contributed by atoms with Crippen LogP contribution in [0, 0.1) is 0 Å². The van der Waals surface area contributed by atoms with E-state index in [1.165, 1.54) is 11.6 Å². The molecule has 0 saturated heterocycles. The SMILES string of the molecule is Cn1c2c(c(=O)[nH]c1=O)C(c1ccccc1)=Nc1ccccc1C(=O)N2. The number of amides is 1. The highest BCUT2D eigenvalue weighted by Crippen LogP contribution is 2.27. The lowest BCUT2D eigenvalue weighted by Gasteiger charge is -2.19. The Hall–Kier alpha value is -3.74. The monoisotopic (exact) mass is 346 g/mol. The Bertz CT molecular complexity index is 1170. The highest BCUT2D eigenvalue weighted by Gasteiger charge is 2.25. The van der Waals surface area contributed by atoms with E-state index in [1.807, 2.05) is 30.3 Å². The lowest BCUT2D eigenvalue weighted by molar-refractivity contribution is 0.102. The van der Waals surface area contributed by atoms with Crippen molar-refractivity contribution < 1.29 is 4.79 Å². The van der Waals surface area contributed by atoms with Gasteiger partial charge in [-0.05, 0) is 12.1 Å². The first-order valence-electron chi connectivity index (χ1n) is 7.94. The smallest absolute Gasteiger partial charge is 0.307 e. The molecule has 0 bridgehead atoms. The molecule has 2 aromatic carbocycles. The van der Waals surface area contributed by atoms with Crippen molar-refractivity contribution in [2.75, 3.05) is 5.32 Å². The molecule has 0 aliphatic carbocycles. The third-order valence-corrected chi connectivity index (χ3v) is 4.22. The van der Waals surface area contributed by atoms with Crippen LogP contribution in [0.25, 0.3) is 0 Å². The van der Waals surface area contributed by atoms with Crippen LogP contribution in [0.4, 0.5) is 11.5 Å². The Kier molecular flexibility index (Phi) is 3.62. The number of carbonyl (C=O) groups is 1. The van der Waals surface area contributed by atoms with Crippen LogP contribution in [-0.4, -0.2) is 21.2 Å². The summed E-state index contributed by atoms with van der Waals surface area (Å²) < 4.78 is 1.20. The van der Waals surface area contributed by atoms with Crippen LogP contribution < -0.4 is 16.6 Å². The molecule has 128 valence electrons. The van der Waals surface area contributed by atoms with E-state index in [0.29, 0.717) is 22.5 Å². The largest absolute Gasteiger partial charge is 0.329 e. The van der Waals surface area contributed by atoms with Gasteiger partial charge in [0, 0.05) is 12.6 Å². The average molecular weight is 346 g/mol. The van der Waals surface area contributed by atoms with Crippen molar-refractivity contribution in [3.8, 4) is 0 Å². The van der Waals surface area contributed by atoms with Crippen LogP contribution in [0.3, 0.4) is 0 Å². The summed E-state index contributed by atoms with van der Waals surface area (Å²) in [5, 5.41) is 2.69. The molecule has 0 atom stereocenters. The molecule has 4 rings (SSSR count). The number of nitrogens with zero attached hydrogens (tertiary/aromatic N) is 2. The fraction of sp³-hybridized carbons (Fsp3) is 0.0526. The van der Waals surface area contributed by atoms with Crippen LogP contribution in [0.15, 0.2) is 69.2 Å². The van der Waals surface area contributed by atoms with Crippen LogP contribution in [-0.2, 0) is 7.05 Å². The molecule has 2 heterocycles. The molecule has 1 aromatic heterocycles. The van der Waals surface area contributed by atoms with Crippen LogP contribution >= 0.6 is 0 Å². The van der Waals surface area contributed by atoms with Gasteiger partial charge in [0.2, 0.25) is 0 Å². The third-order valence-electron chi connectivity index (χ3n) is 4.22. The number of benzene rings is 2. The van der Waals surface area contributed by atoms with Gasteiger partial charge in [0.1, 0.15) is 11.4 Å². The van der Waals surface area contributed by atoms with Crippen molar-refractivity contribution in [1.29, 1.82) is 0 Å². The number of aromatic nitrogens is 2. The third kappa shape index (κ3) is 2.46. The van der Waals surface area contributed by atoms with E-state index < -0.39 is 17.2 Å². The number of hydrogen-bond donors (Lipinski definition) is 2. The molecular formula is C19H14N4O3. The van der Waals surface area contributed by atoms with Gasteiger partial charge < -0.3 is 5.32 Å². The van der Waals surface area contributed by atoms with E-state index in [2.05, 4.69) is 15.3 Å².